The molecule has 0 aliphatic rings. The summed E-state index contributed by atoms with van der Waals surface area (Å²) in [5.41, 5.74) is 0.627. The first-order valence-electron chi connectivity index (χ1n) is 10.8. The van der Waals surface area contributed by atoms with Crippen LogP contribution in [0.1, 0.15) is 69.0 Å². The number of aliphatic hydroxyl groups excluding tert-OH is 1. The highest BCUT2D eigenvalue weighted by atomic mass is 31.2. The van der Waals surface area contributed by atoms with Gasteiger partial charge in [0.25, 0.3) is 0 Å². The molecule has 3 aromatic rings. The van der Waals surface area contributed by atoms with Crippen LogP contribution in [0.3, 0.4) is 0 Å². The molecule has 0 aliphatic carbocycles. The number of benzene rings is 2. The number of hydrogen-bond donors (Lipinski definition) is 2. The molecular formula is C25H32NO6P. The van der Waals surface area contributed by atoms with Gasteiger partial charge in [0.1, 0.15) is 12.3 Å². The maximum atomic E-state index is 13.6. The maximum absolute atomic E-state index is 13.6. The van der Waals surface area contributed by atoms with Crippen LogP contribution in [0.2, 0.25) is 0 Å². The molecule has 2 N–H and O–H groups in total. The SMILES string of the molecule is CC(C)(C)OP(=O)(OC(C)(C)C)C(O)c1ccc2[nH]c(C(=O)OCc3ccccc3)cc2c1. The van der Waals surface area contributed by atoms with Gasteiger partial charge in [0, 0.05) is 10.9 Å². The minimum absolute atomic E-state index is 0.163. The van der Waals surface area contributed by atoms with E-state index in [4.69, 9.17) is 13.8 Å². The van der Waals surface area contributed by atoms with Crippen LogP contribution in [0.5, 0.6) is 0 Å². The molecule has 0 spiro atoms. The Bertz CT molecular complexity index is 1140. The van der Waals surface area contributed by atoms with E-state index >= 15 is 0 Å². The van der Waals surface area contributed by atoms with E-state index in [1.807, 2.05) is 30.3 Å². The second kappa shape index (κ2) is 9.43. The highest BCUT2D eigenvalue weighted by molar-refractivity contribution is 7.54. The number of carbonyl (C=O) groups is 1. The Hall–Kier alpha value is -2.44. The average Bonchev–Trinajstić information content (AvgIpc) is 3.13. The van der Waals surface area contributed by atoms with Gasteiger partial charge in [-0.1, -0.05) is 36.4 Å². The fourth-order valence-electron chi connectivity index (χ4n) is 3.29. The molecule has 3 rings (SSSR count). The van der Waals surface area contributed by atoms with Gasteiger partial charge < -0.3 is 23.9 Å². The lowest BCUT2D eigenvalue weighted by molar-refractivity contribution is 0.0271. The molecule has 1 unspecified atom stereocenters. The number of aromatic amines is 1. The second-order valence-corrected chi connectivity index (χ2v) is 11.8. The van der Waals surface area contributed by atoms with Crippen molar-refractivity contribution in [2.75, 3.05) is 0 Å². The largest absolute Gasteiger partial charge is 0.456 e. The molecule has 1 atom stereocenters. The quantitative estimate of drug-likeness (QED) is 0.307. The van der Waals surface area contributed by atoms with Gasteiger partial charge in [-0.2, -0.15) is 0 Å². The molecule has 0 saturated carbocycles. The Morgan fingerprint density at radius 3 is 2.15 bits per heavy atom. The average molecular weight is 474 g/mol. The smallest absolute Gasteiger partial charge is 0.364 e. The zero-order valence-electron chi connectivity index (χ0n) is 19.9. The predicted octanol–water partition coefficient (Wildman–Crippen LogP) is 6.34. The summed E-state index contributed by atoms with van der Waals surface area (Å²) in [6, 6.07) is 16.1. The number of fused-ring (bicyclic) bond motifs is 1. The molecule has 0 aliphatic heterocycles. The van der Waals surface area contributed by atoms with Gasteiger partial charge in [0.2, 0.25) is 0 Å². The summed E-state index contributed by atoms with van der Waals surface area (Å²) in [6.45, 7) is 10.7. The topological polar surface area (TPSA) is 97.9 Å². The summed E-state index contributed by atoms with van der Waals surface area (Å²) < 4.78 is 30.5. The third kappa shape index (κ3) is 6.78. The Balaban J connectivity index is 1.84. The van der Waals surface area contributed by atoms with Gasteiger partial charge in [-0.05, 0) is 70.9 Å². The summed E-state index contributed by atoms with van der Waals surface area (Å²) in [4.78, 5) is 15.5. The summed E-state index contributed by atoms with van der Waals surface area (Å²) >= 11 is 0. The van der Waals surface area contributed by atoms with Gasteiger partial charge in [-0.25, -0.2) is 4.79 Å². The molecule has 33 heavy (non-hydrogen) atoms. The van der Waals surface area contributed by atoms with Gasteiger partial charge in [-0.3, -0.25) is 4.57 Å². The summed E-state index contributed by atoms with van der Waals surface area (Å²) in [6.07, 6.45) is 0. The van der Waals surface area contributed by atoms with Crippen molar-refractivity contribution in [2.24, 2.45) is 0 Å². The van der Waals surface area contributed by atoms with Crippen LogP contribution in [-0.2, 0) is 25.0 Å². The van der Waals surface area contributed by atoms with Crippen molar-refractivity contribution in [3.8, 4) is 0 Å². The number of ether oxygens (including phenoxy) is 1. The molecule has 0 fully saturated rings. The lowest BCUT2D eigenvalue weighted by atomic mass is 10.1. The molecule has 0 saturated heterocycles. The molecule has 7 nitrogen and oxygen atoms in total. The van der Waals surface area contributed by atoms with Crippen LogP contribution in [0.4, 0.5) is 0 Å². The van der Waals surface area contributed by atoms with Crippen molar-refractivity contribution in [2.45, 2.75) is 65.2 Å². The zero-order chi connectivity index (χ0) is 24.4. The zero-order valence-corrected chi connectivity index (χ0v) is 20.8. The van der Waals surface area contributed by atoms with Crippen LogP contribution in [-0.4, -0.2) is 27.3 Å². The van der Waals surface area contributed by atoms with Gasteiger partial charge >= 0.3 is 13.6 Å². The van der Waals surface area contributed by atoms with Crippen molar-refractivity contribution in [1.82, 2.24) is 4.98 Å². The number of carbonyl (C=O) groups excluding carboxylic acids is 1. The highest BCUT2D eigenvalue weighted by Crippen LogP contribution is 2.63. The molecule has 1 aromatic heterocycles. The molecular weight excluding hydrogens is 441 g/mol. The van der Waals surface area contributed by atoms with E-state index in [2.05, 4.69) is 4.98 Å². The third-order valence-electron chi connectivity index (χ3n) is 4.48. The summed E-state index contributed by atoms with van der Waals surface area (Å²) in [5, 5.41) is 11.7. The van der Waals surface area contributed by atoms with Crippen molar-refractivity contribution >= 4 is 24.5 Å². The van der Waals surface area contributed by atoms with Crippen LogP contribution < -0.4 is 0 Å². The first-order chi connectivity index (χ1) is 15.3. The number of aromatic nitrogens is 1. The van der Waals surface area contributed by atoms with E-state index in [-0.39, 0.29) is 12.3 Å². The number of hydrogen-bond acceptors (Lipinski definition) is 6. The molecule has 0 bridgehead atoms. The number of rotatable bonds is 7. The summed E-state index contributed by atoms with van der Waals surface area (Å²) in [5.74, 6) is -1.99. The fourth-order valence-corrected chi connectivity index (χ4v) is 5.58. The molecule has 0 radical (unpaired) electrons. The van der Waals surface area contributed by atoms with Gasteiger partial charge in [0.15, 0.2) is 5.85 Å². The molecule has 1 heterocycles. The molecule has 0 amide bonds. The van der Waals surface area contributed by atoms with E-state index in [1.165, 1.54) is 0 Å². The van der Waals surface area contributed by atoms with E-state index < -0.39 is 30.6 Å². The van der Waals surface area contributed by atoms with Gasteiger partial charge in [0.05, 0.1) is 11.2 Å². The van der Waals surface area contributed by atoms with Crippen LogP contribution in [0.25, 0.3) is 10.9 Å². The van der Waals surface area contributed by atoms with Crippen LogP contribution >= 0.6 is 7.60 Å². The van der Waals surface area contributed by atoms with E-state index in [9.17, 15) is 14.5 Å². The molecule has 2 aromatic carbocycles. The first kappa shape index (κ1) is 25.2. The number of esters is 1. The van der Waals surface area contributed by atoms with Crippen molar-refractivity contribution in [3.63, 3.8) is 0 Å². The van der Waals surface area contributed by atoms with Crippen molar-refractivity contribution in [3.05, 3.63) is 71.4 Å². The van der Waals surface area contributed by atoms with E-state index in [1.54, 1.807) is 65.8 Å². The normalized spacial score (nSPS) is 13.8. The lowest BCUT2D eigenvalue weighted by Crippen LogP contribution is -2.26. The first-order valence-corrected chi connectivity index (χ1v) is 12.4. The highest BCUT2D eigenvalue weighted by Gasteiger charge is 2.42. The van der Waals surface area contributed by atoms with E-state index in [0.717, 1.165) is 5.56 Å². The second-order valence-electron chi connectivity index (χ2n) is 9.91. The Morgan fingerprint density at radius 1 is 0.970 bits per heavy atom. The molecule has 178 valence electrons. The Morgan fingerprint density at radius 2 is 1.58 bits per heavy atom. The number of nitrogens with one attached hydrogen (secondary N) is 1. The fraction of sp³-hybridized carbons (Fsp3) is 0.400. The number of aliphatic hydroxyl groups is 1. The standard InChI is InChI=1S/C25H32NO6P/c1-24(2,3)31-33(29,32-25(4,5)6)23(28)18-12-13-20-19(14-18)15-21(26-20)22(27)30-16-17-10-8-7-9-11-17/h7-15,23,26,28H,16H2,1-6H3. The van der Waals surface area contributed by atoms with Crippen LogP contribution in [0.15, 0.2) is 54.6 Å². The Kier molecular flexibility index (Phi) is 7.20. The maximum Gasteiger partial charge on any atom is 0.364 e. The monoisotopic (exact) mass is 473 g/mol. The predicted molar refractivity (Wildman–Crippen MR) is 128 cm³/mol. The third-order valence-corrected chi connectivity index (χ3v) is 6.98. The van der Waals surface area contributed by atoms with Crippen LogP contribution in [0, 0.1) is 0 Å². The number of H-pyrrole nitrogens is 1. The minimum Gasteiger partial charge on any atom is -0.456 e. The van der Waals surface area contributed by atoms with Crippen molar-refractivity contribution in [1.29, 1.82) is 0 Å². The van der Waals surface area contributed by atoms with Gasteiger partial charge in [-0.15, -0.1) is 0 Å². The Labute approximate surface area is 194 Å². The van der Waals surface area contributed by atoms with Crippen molar-refractivity contribution < 1.29 is 28.3 Å². The molecule has 8 heteroatoms. The minimum atomic E-state index is -3.96. The summed E-state index contributed by atoms with van der Waals surface area (Å²) in [7, 11) is -3.96. The lowest BCUT2D eigenvalue weighted by Gasteiger charge is -2.34. The van der Waals surface area contributed by atoms with E-state index in [0.29, 0.717) is 16.5 Å².